The first kappa shape index (κ1) is 14.9. The Morgan fingerprint density at radius 2 is 1.90 bits per heavy atom. The van der Waals surface area contributed by atoms with Crippen molar-refractivity contribution in [3.05, 3.63) is 0 Å². The number of nitrogens with zero attached hydrogens (tertiary/aromatic N) is 2. The van der Waals surface area contributed by atoms with Gasteiger partial charge in [0, 0.05) is 19.1 Å². The SMILES string of the molecule is C[C@@H]1CN(C2CCN(C(=O)OC(C)(C)C)CC2)C(=O)O1. The monoisotopic (exact) mass is 284 g/mol. The van der Waals surface area contributed by atoms with Crippen molar-refractivity contribution in [2.75, 3.05) is 19.6 Å². The van der Waals surface area contributed by atoms with Crippen molar-refractivity contribution < 1.29 is 19.1 Å². The standard InChI is InChI=1S/C14H24N2O4/c1-10-9-16(13(18)19-10)11-5-7-15(8-6-11)12(17)20-14(2,3)4/h10-11H,5-9H2,1-4H3/t10-/m1/s1. The molecule has 0 aliphatic carbocycles. The molecule has 114 valence electrons. The van der Waals surface area contributed by atoms with Crippen molar-refractivity contribution in [2.24, 2.45) is 0 Å². The van der Waals surface area contributed by atoms with E-state index in [-0.39, 0.29) is 24.3 Å². The van der Waals surface area contributed by atoms with Crippen LogP contribution in [0.25, 0.3) is 0 Å². The third-order valence-corrected chi connectivity index (χ3v) is 3.55. The summed E-state index contributed by atoms with van der Waals surface area (Å²) in [6, 6.07) is 0.172. The van der Waals surface area contributed by atoms with Crippen molar-refractivity contribution in [3.8, 4) is 0 Å². The summed E-state index contributed by atoms with van der Waals surface area (Å²) in [6.07, 6.45) is 1.02. The molecule has 0 unspecified atom stereocenters. The second-order valence-electron chi connectivity index (χ2n) is 6.55. The Morgan fingerprint density at radius 1 is 1.30 bits per heavy atom. The van der Waals surface area contributed by atoms with Crippen molar-refractivity contribution in [3.63, 3.8) is 0 Å². The van der Waals surface area contributed by atoms with Gasteiger partial charge in [-0.05, 0) is 40.5 Å². The van der Waals surface area contributed by atoms with Crippen LogP contribution in [-0.2, 0) is 9.47 Å². The fourth-order valence-electron chi connectivity index (χ4n) is 2.61. The van der Waals surface area contributed by atoms with Crippen LogP contribution >= 0.6 is 0 Å². The molecule has 0 spiro atoms. The lowest BCUT2D eigenvalue weighted by Gasteiger charge is -2.36. The van der Waals surface area contributed by atoms with Crippen LogP contribution in [0.4, 0.5) is 9.59 Å². The van der Waals surface area contributed by atoms with Gasteiger partial charge in [0.1, 0.15) is 11.7 Å². The Morgan fingerprint density at radius 3 is 2.35 bits per heavy atom. The molecule has 0 aromatic rings. The quantitative estimate of drug-likeness (QED) is 0.741. The molecule has 2 aliphatic heterocycles. The number of cyclic esters (lactones) is 1. The van der Waals surface area contributed by atoms with Crippen LogP contribution in [-0.4, -0.2) is 59.4 Å². The maximum absolute atomic E-state index is 12.0. The molecular weight excluding hydrogens is 260 g/mol. The third-order valence-electron chi connectivity index (χ3n) is 3.55. The minimum atomic E-state index is -0.470. The highest BCUT2D eigenvalue weighted by Crippen LogP contribution is 2.23. The number of hydrogen-bond acceptors (Lipinski definition) is 4. The van der Waals surface area contributed by atoms with Crippen LogP contribution < -0.4 is 0 Å². The van der Waals surface area contributed by atoms with Gasteiger partial charge < -0.3 is 19.3 Å². The van der Waals surface area contributed by atoms with Gasteiger partial charge in [-0.15, -0.1) is 0 Å². The molecule has 2 aliphatic rings. The smallest absolute Gasteiger partial charge is 0.410 e. The minimum absolute atomic E-state index is 0.0358. The average Bonchev–Trinajstić information content (AvgIpc) is 2.66. The molecule has 20 heavy (non-hydrogen) atoms. The van der Waals surface area contributed by atoms with Crippen LogP contribution in [0.15, 0.2) is 0 Å². The molecule has 6 heteroatoms. The summed E-state index contributed by atoms with van der Waals surface area (Å²) in [5.74, 6) is 0. The largest absolute Gasteiger partial charge is 0.444 e. The summed E-state index contributed by atoms with van der Waals surface area (Å²) in [7, 11) is 0. The summed E-state index contributed by atoms with van der Waals surface area (Å²) in [5, 5.41) is 0. The number of hydrogen-bond donors (Lipinski definition) is 0. The molecule has 0 aromatic heterocycles. The Hall–Kier alpha value is -1.46. The van der Waals surface area contributed by atoms with Crippen molar-refractivity contribution in [1.82, 2.24) is 9.80 Å². The van der Waals surface area contributed by atoms with E-state index in [1.54, 1.807) is 9.80 Å². The molecule has 2 saturated heterocycles. The predicted octanol–water partition coefficient (Wildman–Crippen LogP) is 2.23. The number of carbonyl (C=O) groups excluding carboxylic acids is 2. The Balaban J connectivity index is 1.83. The predicted molar refractivity (Wildman–Crippen MR) is 73.5 cm³/mol. The van der Waals surface area contributed by atoms with Crippen molar-refractivity contribution in [2.45, 2.75) is 58.3 Å². The molecule has 0 N–H and O–H groups in total. The van der Waals surface area contributed by atoms with E-state index in [4.69, 9.17) is 9.47 Å². The van der Waals surface area contributed by atoms with E-state index in [1.165, 1.54) is 0 Å². The van der Waals surface area contributed by atoms with Crippen LogP contribution in [0.5, 0.6) is 0 Å². The van der Waals surface area contributed by atoms with Gasteiger partial charge in [-0.2, -0.15) is 0 Å². The fraction of sp³-hybridized carbons (Fsp3) is 0.857. The maximum Gasteiger partial charge on any atom is 0.410 e. The molecular formula is C14H24N2O4. The van der Waals surface area contributed by atoms with E-state index in [1.807, 2.05) is 27.7 Å². The first-order chi connectivity index (χ1) is 9.26. The van der Waals surface area contributed by atoms with Gasteiger partial charge >= 0.3 is 12.2 Å². The molecule has 6 nitrogen and oxygen atoms in total. The highest BCUT2D eigenvalue weighted by atomic mass is 16.6. The zero-order valence-corrected chi connectivity index (χ0v) is 12.7. The van der Waals surface area contributed by atoms with Crippen LogP contribution in [0.3, 0.4) is 0 Å². The second kappa shape index (κ2) is 5.50. The number of rotatable bonds is 1. The number of piperidine rings is 1. The maximum atomic E-state index is 12.0. The first-order valence-corrected chi connectivity index (χ1v) is 7.21. The topological polar surface area (TPSA) is 59.1 Å². The highest BCUT2D eigenvalue weighted by Gasteiger charge is 2.36. The summed E-state index contributed by atoms with van der Waals surface area (Å²) in [5.41, 5.74) is -0.470. The summed E-state index contributed by atoms with van der Waals surface area (Å²) >= 11 is 0. The highest BCUT2D eigenvalue weighted by molar-refractivity contribution is 5.70. The van der Waals surface area contributed by atoms with Gasteiger partial charge in [-0.3, -0.25) is 0 Å². The Labute approximate surface area is 120 Å². The summed E-state index contributed by atoms with van der Waals surface area (Å²) < 4.78 is 10.5. The fourth-order valence-corrected chi connectivity index (χ4v) is 2.61. The van der Waals surface area contributed by atoms with Crippen molar-refractivity contribution >= 4 is 12.2 Å². The van der Waals surface area contributed by atoms with Gasteiger partial charge in [-0.25, -0.2) is 9.59 Å². The van der Waals surface area contributed by atoms with Gasteiger partial charge in [0.15, 0.2) is 0 Å². The zero-order chi connectivity index (χ0) is 14.9. The van der Waals surface area contributed by atoms with Crippen LogP contribution in [0.1, 0.15) is 40.5 Å². The molecule has 2 rings (SSSR count). The van der Waals surface area contributed by atoms with E-state index in [0.717, 1.165) is 12.8 Å². The van der Waals surface area contributed by atoms with Crippen molar-refractivity contribution in [1.29, 1.82) is 0 Å². The first-order valence-electron chi connectivity index (χ1n) is 7.21. The van der Waals surface area contributed by atoms with Gasteiger partial charge in [0.05, 0.1) is 6.54 Å². The third kappa shape index (κ3) is 3.55. The molecule has 0 radical (unpaired) electrons. The lowest BCUT2D eigenvalue weighted by atomic mass is 10.0. The minimum Gasteiger partial charge on any atom is -0.444 e. The molecule has 2 fully saturated rings. The molecule has 2 amide bonds. The molecule has 0 aromatic carbocycles. The van der Waals surface area contributed by atoms with Crippen LogP contribution in [0.2, 0.25) is 0 Å². The van der Waals surface area contributed by atoms with Gasteiger partial charge in [0.25, 0.3) is 0 Å². The zero-order valence-electron chi connectivity index (χ0n) is 12.7. The Bertz CT molecular complexity index is 383. The van der Waals surface area contributed by atoms with Crippen LogP contribution in [0, 0.1) is 0 Å². The van der Waals surface area contributed by atoms with E-state index < -0.39 is 5.60 Å². The van der Waals surface area contributed by atoms with E-state index in [2.05, 4.69) is 0 Å². The Kier molecular flexibility index (Phi) is 4.11. The molecule has 2 heterocycles. The number of carbonyl (C=O) groups is 2. The van der Waals surface area contributed by atoms with Gasteiger partial charge in [-0.1, -0.05) is 0 Å². The molecule has 1 atom stereocenters. The summed E-state index contributed by atoms with van der Waals surface area (Å²) in [4.78, 5) is 27.1. The number of ether oxygens (including phenoxy) is 2. The van der Waals surface area contributed by atoms with Gasteiger partial charge in [0.2, 0.25) is 0 Å². The van der Waals surface area contributed by atoms with E-state index in [9.17, 15) is 9.59 Å². The number of likely N-dealkylation sites (tertiary alicyclic amines) is 1. The normalized spacial score (nSPS) is 24.8. The second-order valence-corrected chi connectivity index (χ2v) is 6.55. The average molecular weight is 284 g/mol. The lowest BCUT2D eigenvalue weighted by Crippen LogP contribution is -2.48. The van der Waals surface area contributed by atoms with E-state index in [0.29, 0.717) is 19.6 Å². The lowest BCUT2D eigenvalue weighted by molar-refractivity contribution is 0.0168. The van der Waals surface area contributed by atoms with E-state index >= 15 is 0 Å². The number of amides is 2. The molecule has 0 saturated carbocycles. The summed E-state index contributed by atoms with van der Waals surface area (Å²) in [6.45, 7) is 9.37. The molecule has 0 bridgehead atoms.